The average molecular weight is 520 g/mol. The van der Waals surface area contributed by atoms with E-state index in [0.29, 0.717) is 57.8 Å². The van der Waals surface area contributed by atoms with Gasteiger partial charge in [-0.2, -0.15) is 0 Å². The summed E-state index contributed by atoms with van der Waals surface area (Å²) in [7, 11) is 0. The molecule has 3 aliphatic rings. The highest BCUT2D eigenvalue weighted by Crippen LogP contribution is 2.30. The van der Waals surface area contributed by atoms with Gasteiger partial charge in [-0.1, -0.05) is 30.4 Å². The number of benzene rings is 1. The molecule has 1 aromatic heterocycles. The molecule has 0 unspecified atom stereocenters. The van der Waals surface area contributed by atoms with Crippen molar-refractivity contribution in [2.24, 2.45) is 11.8 Å². The van der Waals surface area contributed by atoms with E-state index < -0.39 is 6.10 Å². The van der Waals surface area contributed by atoms with Gasteiger partial charge in [-0.15, -0.1) is 0 Å². The second-order valence-corrected chi connectivity index (χ2v) is 10.1. The molecule has 2 saturated heterocycles. The number of aliphatic hydroxyl groups excluding tert-OH is 1. The minimum absolute atomic E-state index is 0.0204. The number of aromatic nitrogens is 2. The molecule has 10 nitrogen and oxygen atoms in total. The summed E-state index contributed by atoms with van der Waals surface area (Å²) in [4.78, 5) is 53.0. The smallest absolute Gasteiger partial charge is 0.274 e. The lowest BCUT2D eigenvalue weighted by molar-refractivity contribution is -0.135. The van der Waals surface area contributed by atoms with Gasteiger partial charge in [0.05, 0.1) is 18.8 Å². The summed E-state index contributed by atoms with van der Waals surface area (Å²) in [5.41, 5.74) is 0.964. The largest absolute Gasteiger partial charge is 0.489 e. The van der Waals surface area contributed by atoms with Crippen LogP contribution in [-0.2, 0) is 16.1 Å². The van der Waals surface area contributed by atoms with E-state index in [0.717, 1.165) is 5.56 Å². The number of aliphatic hydroxyl groups is 1. The molecule has 200 valence electrons. The van der Waals surface area contributed by atoms with Crippen LogP contribution in [0.5, 0.6) is 5.75 Å². The lowest BCUT2D eigenvalue weighted by Gasteiger charge is -2.38. The number of carbonyl (C=O) groups is 3. The van der Waals surface area contributed by atoms with E-state index in [1.54, 1.807) is 9.80 Å². The third kappa shape index (κ3) is 6.02. The highest BCUT2D eigenvalue weighted by Gasteiger charge is 2.35. The standard InChI is InChI=1S/C28H33N5O5/c34-23-8-12-32(18-23)26(35)14-20-7-11-31-16-21(20)5-3-13-38-25-6-2-1-4-22(25)17-33(19-27(31)36)28(37)24-15-29-9-10-30-24/h1-6,9-10,15,20-21,23,34H,7-8,11-14,16-19H2/t20-,21-,23+/m0/s1. The molecule has 38 heavy (non-hydrogen) atoms. The minimum Gasteiger partial charge on any atom is -0.489 e. The molecule has 0 aliphatic carbocycles. The number of piperidine rings is 1. The summed E-state index contributed by atoms with van der Waals surface area (Å²) in [6, 6.07) is 7.48. The summed E-state index contributed by atoms with van der Waals surface area (Å²) in [5.74, 6) is 0.227. The Morgan fingerprint density at radius 3 is 2.71 bits per heavy atom. The van der Waals surface area contributed by atoms with Crippen LogP contribution in [0.15, 0.2) is 55.0 Å². The fraction of sp³-hybridized carbons (Fsp3) is 0.464. The third-order valence-electron chi connectivity index (χ3n) is 7.56. The van der Waals surface area contributed by atoms with Gasteiger partial charge in [-0.05, 0) is 30.7 Å². The van der Waals surface area contributed by atoms with Gasteiger partial charge >= 0.3 is 0 Å². The Balaban J connectivity index is 1.37. The molecule has 1 aromatic carbocycles. The first kappa shape index (κ1) is 25.8. The van der Waals surface area contributed by atoms with Gasteiger partial charge in [0.2, 0.25) is 11.8 Å². The number of hydrogen-bond donors (Lipinski definition) is 1. The molecule has 3 aliphatic heterocycles. The molecule has 10 heteroatoms. The predicted octanol–water partition coefficient (Wildman–Crippen LogP) is 1.52. The SMILES string of the molecule is O=C(C[C@@H]1CCN2C[C@@H]1C=CCOc1ccccc1CN(C(=O)c1cnccn1)CC2=O)N1CC[C@@H](O)C1. The lowest BCUT2D eigenvalue weighted by atomic mass is 9.82. The molecule has 5 rings (SSSR count). The Morgan fingerprint density at radius 1 is 1.05 bits per heavy atom. The average Bonchev–Trinajstić information content (AvgIpc) is 3.38. The van der Waals surface area contributed by atoms with Gasteiger partial charge in [0, 0.05) is 50.6 Å². The van der Waals surface area contributed by atoms with Crippen molar-refractivity contribution in [1.29, 1.82) is 0 Å². The topological polar surface area (TPSA) is 116 Å². The van der Waals surface area contributed by atoms with Crippen LogP contribution in [0.2, 0.25) is 0 Å². The number of ether oxygens (including phenoxy) is 1. The molecule has 4 heterocycles. The molecule has 0 radical (unpaired) electrons. The molecule has 3 atom stereocenters. The number of β-amino-alcohol motifs (C(OH)–C–C–N with tert-alkyl or cyclic N) is 1. The van der Waals surface area contributed by atoms with E-state index in [9.17, 15) is 19.5 Å². The molecule has 2 aromatic rings. The van der Waals surface area contributed by atoms with Crippen molar-refractivity contribution >= 4 is 17.7 Å². The Bertz CT molecular complexity index is 1190. The van der Waals surface area contributed by atoms with Crippen LogP contribution in [0.25, 0.3) is 0 Å². The summed E-state index contributed by atoms with van der Waals surface area (Å²) < 4.78 is 6.05. The third-order valence-corrected chi connectivity index (χ3v) is 7.56. The van der Waals surface area contributed by atoms with E-state index in [4.69, 9.17) is 4.74 Å². The van der Waals surface area contributed by atoms with Crippen molar-refractivity contribution in [3.05, 3.63) is 66.3 Å². The van der Waals surface area contributed by atoms with Crippen LogP contribution in [0.4, 0.5) is 0 Å². The molecular weight excluding hydrogens is 486 g/mol. The van der Waals surface area contributed by atoms with E-state index in [1.807, 2.05) is 30.3 Å². The van der Waals surface area contributed by atoms with Gasteiger partial charge in [0.15, 0.2) is 0 Å². The Hall–Kier alpha value is -3.79. The van der Waals surface area contributed by atoms with E-state index in [1.165, 1.54) is 23.5 Å². The van der Waals surface area contributed by atoms with E-state index in [2.05, 4.69) is 16.0 Å². The van der Waals surface area contributed by atoms with Crippen molar-refractivity contribution < 1.29 is 24.2 Å². The molecule has 2 bridgehead atoms. The fourth-order valence-corrected chi connectivity index (χ4v) is 5.43. The Morgan fingerprint density at radius 2 is 1.92 bits per heavy atom. The zero-order valence-electron chi connectivity index (χ0n) is 21.3. The highest BCUT2D eigenvalue weighted by molar-refractivity contribution is 5.94. The fourth-order valence-electron chi connectivity index (χ4n) is 5.43. The number of rotatable bonds is 3. The zero-order valence-corrected chi connectivity index (χ0v) is 21.3. The van der Waals surface area contributed by atoms with Crippen LogP contribution in [0.3, 0.4) is 0 Å². The van der Waals surface area contributed by atoms with Crippen molar-refractivity contribution in [1.82, 2.24) is 24.7 Å². The van der Waals surface area contributed by atoms with E-state index in [-0.39, 0.29) is 48.3 Å². The van der Waals surface area contributed by atoms with Crippen molar-refractivity contribution in [2.45, 2.75) is 31.9 Å². The van der Waals surface area contributed by atoms with Crippen molar-refractivity contribution in [3.63, 3.8) is 0 Å². The van der Waals surface area contributed by atoms with Crippen LogP contribution in [0.1, 0.15) is 35.3 Å². The summed E-state index contributed by atoms with van der Waals surface area (Å²) >= 11 is 0. The number of carbonyl (C=O) groups excluding carboxylic acids is 3. The number of amides is 3. The highest BCUT2D eigenvalue weighted by atomic mass is 16.5. The van der Waals surface area contributed by atoms with Gasteiger partial charge in [-0.3, -0.25) is 19.4 Å². The predicted molar refractivity (Wildman–Crippen MR) is 138 cm³/mol. The maximum absolute atomic E-state index is 13.5. The molecule has 0 spiro atoms. The monoisotopic (exact) mass is 519 g/mol. The van der Waals surface area contributed by atoms with Crippen LogP contribution < -0.4 is 4.74 Å². The van der Waals surface area contributed by atoms with Crippen molar-refractivity contribution in [2.75, 3.05) is 39.3 Å². The summed E-state index contributed by atoms with van der Waals surface area (Å²) in [6.45, 7) is 2.38. The summed E-state index contributed by atoms with van der Waals surface area (Å²) in [5, 5.41) is 9.83. The van der Waals surface area contributed by atoms with Gasteiger partial charge in [0.1, 0.15) is 24.6 Å². The zero-order chi connectivity index (χ0) is 26.5. The quantitative estimate of drug-likeness (QED) is 0.611. The molecule has 2 fully saturated rings. The first-order valence-corrected chi connectivity index (χ1v) is 13.1. The summed E-state index contributed by atoms with van der Waals surface area (Å²) in [6.07, 6.45) is 9.59. The molecule has 1 N–H and O–H groups in total. The molecular formula is C28H33N5O5. The Kier molecular flexibility index (Phi) is 7.97. The number of fused-ring (bicyclic) bond motifs is 3. The van der Waals surface area contributed by atoms with Crippen LogP contribution in [-0.4, -0.2) is 92.9 Å². The van der Waals surface area contributed by atoms with E-state index >= 15 is 0 Å². The number of para-hydroxylation sites is 1. The van der Waals surface area contributed by atoms with Gasteiger partial charge in [-0.25, -0.2) is 4.98 Å². The normalized spacial score (nSPS) is 24.1. The van der Waals surface area contributed by atoms with Crippen molar-refractivity contribution in [3.8, 4) is 5.75 Å². The van der Waals surface area contributed by atoms with Gasteiger partial charge in [0.25, 0.3) is 5.91 Å². The second-order valence-electron chi connectivity index (χ2n) is 10.1. The maximum Gasteiger partial charge on any atom is 0.274 e. The van der Waals surface area contributed by atoms with Crippen LogP contribution >= 0.6 is 0 Å². The minimum atomic E-state index is -0.448. The second kappa shape index (κ2) is 11.7. The lowest BCUT2D eigenvalue weighted by Crippen LogP contribution is -2.48. The maximum atomic E-state index is 13.5. The number of likely N-dealkylation sites (tertiary alicyclic amines) is 1. The Labute approximate surface area is 221 Å². The van der Waals surface area contributed by atoms with Gasteiger partial charge < -0.3 is 24.5 Å². The number of nitrogens with zero attached hydrogens (tertiary/aromatic N) is 5. The van der Waals surface area contributed by atoms with Crippen LogP contribution in [0, 0.1) is 11.8 Å². The molecule has 0 saturated carbocycles. The molecule has 3 amide bonds. The number of hydrogen-bond acceptors (Lipinski definition) is 7. The first-order chi connectivity index (χ1) is 18.5. The first-order valence-electron chi connectivity index (χ1n) is 13.1.